The van der Waals surface area contributed by atoms with E-state index >= 15 is 0 Å². The van der Waals surface area contributed by atoms with E-state index < -0.39 is 0 Å². The smallest absolute Gasteiger partial charge is 0.107 e. The van der Waals surface area contributed by atoms with Gasteiger partial charge in [-0.25, -0.2) is 0 Å². The minimum Gasteiger partial charge on any atom is -0.466 e. The van der Waals surface area contributed by atoms with Crippen molar-refractivity contribution in [2.24, 2.45) is 5.92 Å². The van der Waals surface area contributed by atoms with Gasteiger partial charge in [-0.15, -0.1) is 0 Å². The molecule has 0 aliphatic heterocycles. The third kappa shape index (κ3) is 2.85. The second-order valence-corrected chi connectivity index (χ2v) is 4.62. The molecule has 1 saturated carbocycles. The van der Waals surface area contributed by atoms with Crippen molar-refractivity contribution in [3.8, 4) is 0 Å². The van der Waals surface area contributed by atoms with Gasteiger partial charge >= 0.3 is 0 Å². The molecule has 0 saturated heterocycles. The summed E-state index contributed by atoms with van der Waals surface area (Å²) in [5.74, 6) is 3.88. The molecule has 1 aliphatic carbocycles. The van der Waals surface area contributed by atoms with Crippen molar-refractivity contribution in [1.29, 1.82) is 0 Å². The van der Waals surface area contributed by atoms with Crippen LogP contribution < -0.4 is 5.32 Å². The van der Waals surface area contributed by atoms with Crippen LogP contribution in [0.4, 0.5) is 0 Å². The molecule has 2 nitrogen and oxygen atoms in total. The Hall–Kier alpha value is -0.760. The second-order valence-electron chi connectivity index (χ2n) is 4.62. The predicted molar refractivity (Wildman–Crippen MR) is 62.1 cm³/mol. The normalized spacial score (nSPS) is 24.4. The Morgan fingerprint density at radius 2 is 2.20 bits per heavy atom. The molecule has 0 radical (unpaired) electrons. The standard InChI is InChI=1S/C13H21NO/c1-3-7-14-8-6-11-4-5-13(15-11)12-9-10(12)2/h4-5,10,12,14H,3,6-9H2,1-2H3. The number of nitrogens with one attached hydrogen (secondary N) is 1. The van der Waals surface area contributed by atoms with Crippen LogP contribution in [0.2, 0.25) is 0 Å². The number of rotatable bonds is 6. The molecule has 0 amide bonds. The number of furan rings is 1. The first-order valence-electron chi connectivity index (χ1n) is 6.10. The molecule has 2 heteroatoms. The lowest BCUT2D eigenvalue weighted by Crippen LogP contribution is -2.17. The van der Waals surface area contributed by atoms with Gasteiger partial charge in [-0.1, -0.05) is 13.8 Å². The third-order valence-corrected chi connectivity index (χ3v) is 3.13. The highest BCUT2D eigenvalue weighted by atomic mass is 16.3. The molecule has 0 bridgehead atoms. The quantitative estimate of drug-likeness (QED) is 0.725. The van der Waals surface area contributed by atoms with Gasteiger partial charge in [0.1, 0.15) is 11.5 Å². The Kier molecular flexibility index (Phi) is 3.47. The van der Waals surface area contributed by atoms with Gasteiger partial charge in [0.05, 0.1) is 0 Å². The maximum atomic E-state index is 5.82. The highest BCUT2D eigenvalue weighted by molar-refractivity contribution is 5.17. The van der Waals surface area contributed by atoms with Crippen LogP contribution in [0.5, 0.6) is 0 Å². The minimum absolute atomic E-state index is 0.711. The van der Waals surface area contributed by atoms with E-state index in [0.717, 1.165) is 31.2 Å². The van der Waals surface area contributed by atoms with Crippen molar-refractivity contribution in [2.45, 2.75) is 39.0 Å². The van der Waals surface area contributed by atoms with Gasteiger partial charge in [0.25, 0.3) is 0 Å². The Bertz CT molecular complexity index is 305. The van der Waals surface area contributed by atoms with Crippen LogP contribution in [0.3, 0.4) is 0 Å². The van der Waals surface area contributed by atoms with Crippen molar-refractivity contribution in [1.82, 2.24) is 5.32 Å². The lowest BCUT2D eigenvalue weighted by Gasteiger charge is -2.00. The predicted octanol–water partition coefficient (Wildman–Crippen LogP) is 2.95. The van der Waals surface area contributed by atoms with Crippen molar-refractivity contribution < 1.29 is 4.42 Å². The summed E-state index contributed by atoms with van der Waals surface area (Å²) in [5, 5.41) is 3.39. The van der Waals surface area contributed by atoms with Gasteiger partial charge in [0, 0.05) is 18.9 Å². The lowest BCUT2D eigenvalue weighted by molar-refractivity contribution is 0.456. The van der Waals surface area contributed by atoms with Gasteiger partial charge in [-0.2, -0.15) is 0 Å². The fourth-order valence-electron chi connectivity index (χ4n) is 1.96. The van der Waals surface area contributed by atoms with E-state index in [1.54, 1.807) is 0 Å². The fraction of sp³-hybridized carbons (Fsp3) is 0.692. The molecule has 1 aromatic rings. The van der Waals surface area contributed by atoms with E-state index in [0.29, 0.717) is 5.92 Å². The summed E-state index contributed by atoms with van der Waals surface area (Å²) in [6, 6.07) is 4.29. The first kappa shape index (κ1) is 10.7. The molecule has 1 aliphatic rings. The number of hydrogen-bond donors (Lipinski definition) is 1. The number of hydrogen-bond acceptors (Lipinski definition) is 2. The molecule has 1 fully saturated rings. The average molecular weight is 207 g/mol. The summed E-state index contributed by atoms with van der Waals surface area (Å²) in [6.07, 6.45) is 3.52. The highest BCUT2D eigenvalue weighted by Crippen LogP contribution is 2.47. The first-order chi connectivity index (χ1) is 7.31. The van der Waals surface area contributed by atoms with Gasteiger partial charge in [-0.05, 0) is 37.4 Å². The van der Waals surface area contributed by atoms with Gasteiger partial charge < -0.3 is 9.73 Å². The van der Waals surface area contributed by atoms with E-state index in [9.17, 15) is 0 Å². The maximum Gasteiger partial charge on any atom is 0.107 e. The van der Waals surface area contributed by atoms with E-state index in [1.807, 2.05) is 0 Å². The zero-order chi connectivity index (χ0) is 10.7. The summed E-state index contributed by atoms with van der Waals surface area (Å²) in [5.41, 5.74) is 0. The van der Waals surface area contributed by atoms with Crippen molar-refractivity contribution in [3.63, 3.8) is 0 Å². The molecule has 1 heterocycles. The summed E-state index contributed by atoms with van der Waals surface area (Å²) in [6.45, 7) is 6.61. The zero-order valence-electron chi connectivity index (χ0n) is 9.75. The molecule has 0 aromatic carbocycles. The Morgan fingerprint density at radius 1 is 1.40 bits per heavy atom. The fourth-order valence-corrected chi connectivity index (χ4v) is 1.96. The van der Waals surface area contributed by atoms with Crippen LogP contribution in [-0.4, -0.2) is 13.1 Å². The molecule has 1 aromatic heterocycles. The van der Waals surface area contributed by atoms with Crippen molar-refractivity contribution in [2.75, 3.05) is 13.1 Å². The van der Waals surface area contributed by atoms with Crippen LogP contribution in [0.1, 0.15) is 44.1 Å². The topological polar surface area (TPSA) is 25.2 Å². The Balaban J connectivity index is 1.75. The largest absolute Gasteiger partial charge is 0.466 e. The zero-order valence-corrected chi connectivity index (χ0v) is 9.75. The Labute approximate surface area is 92.1 Å². The first-order valence-corrected chi connectivity index (χ1v) is 6.10. The van der Waals surface area contributed by atoms with E-state index in [4.69, 9.17) is 4.42 Å². The summed E-state index contributed by atoms with van der Waals surface area (Å²) < 4.78 is 5.82. The molecular weight excluding hydrogens is 186 g/mol. The monoisotopic (exact) mass is 207 g/mol. The third-order valence-electron chi connectivity index (χ3n) is 3.13. The molecular formula is C13H21NO. The van der Waals surface area contributed by atoms with Crippen LogP contribution in [-0.2, 0) is 6.42 Å². The molecule has 84 valence electrons. The molecule has 1 N–H and O–H groups in total. The lowest BCUT2D eigenvalue weighted by atomic mass is 10.2. The van der Waals surface area contributed by atoms with Crippen molar-refractivity contribution in [3.05, 3.63) is 23.7 Å². The van der Waals surface area contributed by atoms with Crippen LogP contribution in [0, 0.1) is 5.92 Å². The van der Waals surface area contributed by atoms with Crippen molar-refractivity contribution >= 4 is 0 Å². The van der Waals surface area contributed by atoms with Gasteiger partial charge in [-0.3, -0.25) is 0 Å². The molecule has 0 spiro atoms. The molecule has 2 unspecified atom stereocenters. The summed E-state index contributed by atoms with van der Waals surface area (Å²) in [4.78, 5) is 0. The van der Waals surface area contributed by atoms with E-state index in [1.165, 1.54) is 18.6 Å². The molecule has 15 heavy (non-hydrogen) atoms. The van der Waals surface area contributed by atoms with Gasteiger partial charge in [0.2, 0.25) is 0 Å². The van der Waals surface area contributed by atoms with Gasteiger partial charge in [0.15, 0.2) is 0 Å². The molecule has 2 rings (SSSR count). The SMILES string of the molecule is CCCNCCc1ccc(C2CC2C)o1. The minimum atomic E-state index is 0.711. The van der Waals surface area contributed by atoms with Crippen LogP contribution in [0.15, 0.2) is 16.5 Å². The van der Waals surface area contributed by atoms with Crippen LogP contribution in [0.25, 0.3) is 0 Å². The van der Waals surface area contributed by atoms with Crippen LogP contribution >= 0.6 is 0 Å². The van der Waals surface area contributed by atoms with E-state index in [-0.39, 0.29) is 0 Å². The van der Waals surface area contributed by atoms with E-state index in [2.05, 4.69) is 31.3 Å². The second kappa shape index (κ2) is 4.84. The average Bonchev–Trinajstić information content (AvgIpc) is 2.80. The summed E-state index contributed by atoms with van der Waals surface area (Å²) >= 11 is 0. The highest BCUT2D eigenvalue weighted by Gasteiger charge is 2.36. The summed E-state index contributed by atoms with van der Waals surface area (Å²) in [7, 11) is 0. The molecule has 2 atom stereocenters. The Morgan fingerprint density at radius 3 is 2.87 bits per heavy atom. The maximum absolute atomic E-state index is 5.82.